The molecule has 2 heterocycles. The van der Waals surface area contributed by atoms with Gasteiger partial charge >= 0.3 is 0 Å². The number of hydrogen-bond acceptors (Lipinski definition) is 12. The van der Waals surface area contributed by atoms with Crippen molar-refractivity contribution < 1.29 is 47.4 Å². The minimum Gasteiger partial charge on any atom is -0.378 e. The van der Waals surface area contributed by atoms with Crippen LogP contribution >= 0.6 is 0 Å². The van der Waals surface area contributed by atoms with Gasteiger partial charge < -0.3 is 47.4 Å². The summed E-state index contributed by atoms with van der Waals surface area (Å²) in [6.45, 7) is 18.7. The van der Waals surface area contributed by atoms with Gasteiger partial charge in [0.15, 0.2) is 0 Å². The van der Waals surface area contributed by atoms with Crippen molar-refractivity contribution in [1.82, 2.24) is 9.80 Å². The number of rotatable bonds is 17. The van der Waals surface area contributed by atoms with Crippen LogP contribution in [0.25, 0.3) is 0 Å². The highest BCUT2D eigenvalue weighted by molar-refractivity contribution is 4.60. The third-order valence-electron chi connectivity index (χ3n) is 9.38. The minimum absolute atomic E-state index is 0.594. The Morgan fingerprint density at radius 3 is 0.538 bits per heavy atom. The number of unbranched alkanes of at least 4 members (excludes halogenated alkanes) is 13. The van der Waals surface area contributed by atoms with Crippen molar-refractivity contribution in [3.05, 3.63) is 0 Å². The zero-order chi connectivity index (χ0) is 36.5. The number of nitrogens with zero attached hydrogens (tertiary/aromatic N) is 2. The van der Waals surface area contributed by atoms with Crippen LogP contribution in [-0.2, 0) is 47.4 Å². The summed E-state index contributed by atoms with van der Waals surface area (Å²) in [5.74, 6) is 0. The van der Waals surface area contributed by atoms with Gasteiger partial charge in [-0.1, -0.05) is 77.0 Å². The second-order valence-electron chi connectivity index (χ2n) is 13.8. The molecule has 0 aliphatic carbocycles. The molecule has 2 fully saturated rings. The molecule has 2 rings (SSSR count). The number of ether oxygens (including phenoxy) is 10. The molecular formula is C40H80N2O10. The van der Waals surface area contributed by atoms with E-state index in [4.69, 9.17) is 47.4 Å². The minimum atomic E-state index is 0.594. The molecule has 2 aliphatic rings. The first kappa shape index (κ1) is 47.7. The quantitative estimate of drug-likeness (QED) is 0.182. The molecule has 52 heavy (non-hydrogen) atoms. The van der Waals surface area contributed by atoms with Gasteiger partial charge in [-0.15, -0.1) is 0 Å². The lowest BCUT2D eigenvalue weighted by atomic mass is 10.0. The van der Waals surface area contributed by atoms with Gasteiger partial charge in [0.2, 0.25) is 0 Å². The predicted molar refractivity (Wildman–Crippen MR) is 206 cm³/mol. The van der Waals surface area contributed by atoms with Crippen molar-refractivity contribution in [3.8, 4) is 0 Å². The van der Waals surface area contributed by atoms with Crippen LogP contribution in [-0.4, -0.2) is 181 Å². The Labute approximate surface area is 318 Å². The van der Waals surface area contributed by atoms with Gasteiger partial charge in [-0.2, -0.15) is 0 Å². The fourth-order valence-electron chi connectivity index (χ4n) is 6.20. The first-order chi connectivity index (χ1) is 25.9. The van der Waals surface area contributed by atoms with Gasteiger partial charge in [-0.25, -0.2) is 0 Å². The molecule has 0 unspecified atom stereocenters. The maximum Gasteiger partial charge on any atom is 0.0701 e. The third-order valence-corrected chi connectivity index (χ3v) is 9.38. The highest BCUT2D eigenvalue weighted by atomic mass is 16.6. The highest BCUT2D eigenvalue weighted by Crippen LogP contribution is 2.13. The third kappa shape index (κ3) is 34.0. The van der Waals surface area contributed by atoms with Crippen LogP contribution in [0.1, 0.15) is 89.9 Å². The largest absolute Gasteiger partial charge is 0.378 e. The summed E-state index contributed by atoms with van der Waals surface area (Å²) in [6, 6.07) is 0. The molecule has 0 amide bonds. The second-order valence-corrected chi connectivity index (χ2v) is 13.8. The van der Waals surface area contributed by atoms with Crippen LogP contribution in [0, 0.1) is 0 Å². The molecule has 0 N–H and O–H groups in total. The SMILES string of the molecule is C(CCCCCCCCN1CCOCCOCCOCCOCCOCC1)CCCCCCCN1CCOCCOCCOCCOCCOCC1. The molecule has 12 heteroatoms. The zero-order valence-corrected chi connectivity index (χ0v) is 33.3. The van der Waals surface area contributed by atoms with Gasteiger partial charge in [-0.3, -0.25) is 9.80 Å². The molecule has 0 atom stereocenters. The van der Waals surface area contributed by atoms with E-state index in [9.17, 15) is 0 Å². The zero-order valence-electron chi connectivity index (χ0n) is 33.3. The molecule has 12 nitrogen and oxygen atoms in total. The van der Waals surface area contributed by atoms with Gasteiger partial charge in [-0.05, 0) is 25.9 Å². The normalized spacial score (nSPS) is 21.5. The van der Waals surface area contributed by atoms with E-state index in [0.29, 0.717) is 106 Å². The molecule has 0 saturated carbocycles. The van der Waals surface area contributed by atoms with E-state index in [1.54, 1.807) is 0 Å². The van der Waals surface area contributed by atoms with Crippen LogP contribution in [0.2, 0.25) is 0 Å². The first-order valence-electron chi connectivity index (χ1n) is 21.2. The standard InChI is InChI=1S/C40H80N2O10/c1(3-5-7-9-11-13-15-41-17-21-43-25-29-47-33-37-51-38-34-48-30-26-44-22-18-41)2-4-6-8-10-12-14-16-42-19-23-45-27-31-49-35-39-52-40-36-50-32-28-46-24-20-42/h1-40H2. The smallest absolute Gasteiger partial charge is 0.0701 e. The summed E-state index contributed by atoms with van der Waals surface area (Å²) in [5, 5.41) is 0. The molecule has 0 aromatic carbocycles. The fourth-order valence-corrected chi connectivity index (χ4v) is 6.20. The van der Waals surface area contributed by atoms with E-state index in [1.165, 1.54) is 89.9 Å². The monoisotopic (exact) mass is 749 g/mol. The van der Waals surface area contributed by atoms with Gasteiger partial charge in [0, 0.05) is 26.2 Å². The molecule has 0 aromatic rings. The molecular weight excluding hydrogens is 668 g/mol. The summed E-state index contributed by atoms with van der Waals surface area (Å²) in [6.07, 6.45) is 18.8. The molecule has 310 valence electrons. The van der Waals surface area contributed by atoms with Gasteiger partial charge in [0.25, 0.3) is 0 Å². The van der Waals surface area contributed by atoms with Crippen LogP contribution in [0.15, 0.2) is 0 Å². The van der Waals surface area contributed by atoms with E-state index < -0.39 is 0 Å². The van der Waals surface area contributed by atoms with E-state index in [-0.39, 0.29) is 0 Å². The summed E-state index contributed by atoms with van der Waals surface area (Å²) < 4.78 is 56.5. The van der Waals surface area contributed by atoms with Crippen molar-refractivity contribution in [2.75, 3.05) is 171 Å². The Kier molecular flexibility index (Phi) is 36.8. The fraction of sp³-hybridized carbons (Fsp3) is 1.00. The Balaban J connectivity index is 1.39. The molecule has 0 bridgehead atoms. The average Bonchev–Trinajstić information content (AvgIpc) is 3.15. The molecule has 2 saturated heterocycles. The van der Waals surface area contributed by atoms with Gasteiger partial charge in [0.05, 0.1) is 132 Å². The Morgan fingerprint density at radius 1 is 0.192 bits per heavy atom. The summed E-state index contributed by atoms with van der Waals surface area (Å²) in [5.41, 5.74) is 0. The van der Waals surface area contributed by atoms with E-state index >= 15 is 0 Å². The van der Waals surface area contributed by atoms with Crippen molar-refractivity contribution in [2.24, 2.45) is 0 Å². The average molecular weight is 749 g/mol. The molecule has 0 radical (unpaired) electrons. The summed E-state index contributed by atoms with van der Waals surface area (Å²) >= 11 is 0. The van der Waals surface area contributed by atoms with E-state index in [2.05, 4.69) is 9.80 Å². The van der Waals surface area contributed by atoms with Crippen molar-refractivity contribution in [2.45, 2.75) is 89.9 Å². The highest BCUT2D eigenvalue weighted by Gasteiger charge is 2.08. The maximum atomic E-state index is 5.81. The lowest BCUT2D eigenvalue weighted by Gasteiger charge is -2.22. The van der Waals surface area contributed by atoms with Crippen LogP contribution in [0.3, 0.4) is 0 Å². The van der Waals surface area contributed by atoms with Gasteiger partial charge in [0.1, 0.15) is 0 Å². The molecule has 0 aromatic heterocycles. The first-order valence-corrected chi connectivity index (χ1v) is 21.2. The van der Waals surface area contributed by atoms with Crippen LogP contribution in [0.5, 0.6) is 0 Å². The maximum absolute atomic E-state index is 5.81. The van der Waals surface area contributed by atoms with E-state index in [1.807, 2.05) is 0 Å². The number of hydrogen-bond donors (Lipinski definition) is 0. The van der Waals surface area contributed by atoms with Crippen molar-refractivity contribution in [3.63, 3.8) is 0 Å². The molecule has 0 spiro atoms. The summed E-state index contributed by atoms with van der Waals surface area (Å²) in [4.78, 5) is 4.97. The van der Waals surface area contributed by atoms with Crippen LogP contribution < -0.4 is 0 Å². The topological polar surface area (TPSA) is 98.8 Å². The Bertz CT molecular complexity index is 607. The molecule has 2 aliphatic heterocycles. The summed E-state index contributed by atoms with van der Waals surface area (Å²) in [7, 11) is 0. The lowest BCUT2D eigenvalue weighted by molar-refractivity contribution is -0.0186. The Hall–Kier alpha value is -0.480. The van der Waals surface area contributed by atoms with Crippen LogP contribution in [0.4, 0.5) is 0 Å². The van der Waals surface area contributed by atoms with Crippen molar-refractivity contribution in [1.29, 1.82) is 0 Å². The van der Waals surface area contributed by atoms with E-state index in [0.717, 1.165) is 65.7 Å². The Morgan fingerprint density at radius 2 is 0.346 bits per heavy atom. The lowest BCUT2D eigenvalue weighted by Crippen LogP contribution is -2.32. The van der Waals surface area contributed by atoms with Crippen molar-refractivity contribution >= 4 is 0 Å². The predicted octanol–water partition coefficient (Wildman–Crippen LogP) is 5.25. The second kappa shape index (κ2) is 40.2.